The van der Waals surface area contributed by atoms with Crippen LogP contribution in [0.4, 0.5) is 0 Å². The molecule has 4 N–H and O–H groups in total. The molecule has 0 aliphatic carbocycles. The minimum atomic E-state index is -0.955. The zero-order valence-corrected chi connectivity index (χ0v) is 26.9. The Bertz CT molecular complexity index is 645. The van der Waals surface area contributed by atoms with Gasteiger partial charge in [-0.15, -0.1) is 0 Å². The van der Waals surface area contributed by atoms with Crippen molar-refractivity contribution < 1.29 is 20.1 Å². The van der Waals surface area contributed by atoms with Crippen molar-refractivity contribution in [3.63, 3.8) is 0 Å². The van der Waals surface area contributed by atoms with Gasteiger partial charge in [0.1, 0.15) is 0 Å². The fourth-order valence-electron chi connectivity index (χ4n) is 4.94. The molecule has 0 aromatic heterocycles. The number of rotatable bonds is 30. The van der Waals surface area contributed by atoms with Gasteiger partial charge in [0.2, 0.25) is 5.91 Å². The SMILES string of the molecule is CCCCCCCC/C=C\CCCC(O)CC(=O)NC(CO)C(O)/C=C/CC/C=C/CCCCCCCCCCC. The predicted octanol–water partition coefficient (Wildman–Crippen LogP) is 8.87. The Morgan fingerprint density at radius 1 is 0.610 bits per heavy atom. The molecule has 0 bridgehead atoms. The highest BCUT2D eigenvalue weighted by atomic mass is 16.3. The topological polar surface area (TPSA) is 89.8 Å². The second kappa shape index (κ2) is 31.5. The maximum absolute atomic E-state index is 12.3. The standard InChI is InChI=1S/C36H67NO4/c1-3-5-7-9-11-13-15-16-17-18-20-22-24-26-28-30-35(40)34(32-38)37-36(41)31-33(39)29-27-25-23-21-19-14-12-10-8-6-4-2/h20-23,28,30,33-35,38-40H,3-19,24-27,29,31-32H2,1-2H3,(H,37,41)/b22-20+,23-21-,30-28+. The molecule has 3 unspecified atom stereocenters. The van der Waals surface area contributed by atoms with Crippen LogP contribution in [0.25, 0.3) is 0 Å². The fraction of sp³-hybridized carbons (Fsp3) is 0.806. The number of hydrogen-bond donors (Lipinski definition) is 4. The van der Waals surface area contributed by atoms with Crippen LogP contribution >= 0.6 is 0 Å². The Morgan fingerprint density at radius 3 is 1.56 bits per heavy atom. The number of amides is 1. The van der Waals surface area contributed by atoms with Crippen LogP contribution in [0.5, 0.6) is 0 Å². The largest absolute Gasteiger partial charge is 0.394 e. The number of carbonyl (C=O) groups excluding carboxylic acids is 1. The molecule has 0 radical (unpaired) electrons. The van der Waals surface area contributed by atoms with Gasteiger partial charge in [-0.05, 0) is 57.8 Å². The lowest BCUT2D eigenvalue weighted by Gasteiger charge is -2.20. The van der Waals surface area contributed by atoms with E-state index in [9.17, 15) is 20.1 Å². The first kappa shape index (κ1) is 39.6. The van der Waals surface area contributed by atoms with E-state index in [1.165, 1.54) is 96.3 Å². The smallest absolute Gasteiger partial charge is 0.222 e. The molecule has 0 rings (SSSR count). The minimum absolute atomic E-state index is 0.0157. The third kappa shape index (κ3) is 28.5. The summed E-state index contributed by atoms with van der Waals surface area (Å²) >= 11 is 0. The molecule has 41 heavy (non-hydrogen) atoms. The zero-order chi connectivity index (χ0) is 30.2. The van der Waals surface area contributed by atoms with Crippen molar-refractivity contribution in [2.75, 3.05) is 6.61 Å². The lowest BCUT2D eigenvalue weighted by molar-refractivity contribution is -0.124. The van der Waals surface area contributed by atoms with Gasteiger partial charge in [0.05, 0.1) is 31.3 Å². The van der Waals surface area contributed by atoms with Crippen LogP contribution in [-0.2, 0) is 4.79 Å². The van der Waals surface area contributed by atoms with Crippen molar-refractivity contribution in [3.8, 4) is 0 Å². The lowest BCUT2D eigenvalue weighted by Crippen LogP contribution is -2.45. The molecule has 5 heteroatoms. The molecule has 0 aromatic carbocycles. The van der Waals surface area contributed by atoms with Gasteiger partial charge in [-0.1, -0.05) is 134 Å². The molecule has 0 aromatic rings. The summed E-state index contributed by atoms with van der Waals surface area (Å²) < 4.78 is 0. The molecule has 0 saturated heterocycles. The molecule has 0 aliphatic heterocycles. The summed E-state index contributed by atoms with van der Waals surface area (Å²) in [7, 11) is 0. The average Bonchev–Trinajstić information content (AvgIpc) is 2.96. The molecule has 3 atom stereocenters. The third-order valence-electron chi connectivity index (χ3n) is 7.65. The second-order valence-electron chi connectivity index (χ2n) is 11.8. The van der Waals surface area contributed by atoms with Crippen LogP contribution in [0.3, 0.4) is 0 Å². The Balaban J connectivity index is 3.87. The highest BCUT2D eigenvalue weighted by Crippen LogP contribution is 2.12. The van der Waals surface area contributed by atoms with E-state index in [0.29, 0.717) is 6.42 Å². The quantitative estimate of drug-likeness (QED) is 0.0507. The van der Waals surface area contributed by atoms with E-state index in [1.807, 2.05) is 6.08 Å². The summed E-state index contributed by atoms with van der Waals surface area (Å²) in [5.41, 5.74) is 0. The third-order valence-corrected chi connectivity index (χ3v) is 7.65. The van der Waals surface area contributed by atoms with Gasteiger partial charge in [0.15, 0.2) is 0 Å². The van der Waals surface area contributed by atoms with Crippen LogP contribution in [0.1, 0.15) is 162 Å². The number of unbranched alkanes of at least 4 members (excludes halogenated alkanes) is 17. The lowest BCUT2D eigenvalue weighted by atomic mass is 10.1. The van der Waals surface area contributed by atoms with Crippen LogP contribution < -0.4 is 5.32 Å². The van der Waals surface area contributed by atoms with Crippen LogP contribution in [0.2, 0.25) is 0 Å². The number of carbonyl (C=O) groups is 1. The van der Waals surface area contributed by atoms with Gasteiger partial charge in [-0.3, -0.25) is 4.79 Å². The fourth-order valence-corrected chi connectivity index (χ4v) is 4.94. The van der Waals surface area contributed by atoms with E-state index in [2.05, 4.69) is 43.5 Å². The second-order valence-corrected chi connectivity index (χ2v) is 11.8. The summed E-state index contributed by atoms with van der Waals surface area (Å²) in [6, 6.07) is -0.766. The molecule has 0 heterocycles. The van der Waals surface area contributed by atoms with Crippen molar-refractivity contribution in [2.24, 2.45) is 0 Å². The summed E-state index contributed by atoms with van der Waals surface area (Å²) in [5.74, 6) is -0.345. The molecular weight excluding hydrogens is 510 g/mol. The molecule has 240 valence electrons. The molecule has 0 saturated carbocycles. The zero-order valence-electron chi connectivity index (χ0n) is 26.9. The van der Waals surface area contributed by atoms with Crippen LogP contribution in [0, 0.1) is 0 Å². The summed E-state index contributed by atoms with van der Waals surface area (Å²) in [6.07, 6.45) is 37.0. The highest BCUT2D eigenvalue weighted by molar-refractivity contribution is 5.76. The molecule has 0 fully saturated rings. The number of aliphatic hydroxyl groups is 3. The van der Waals surface area contributed by atoms with E-state index in [1.54, 1.807) is 6.08 Å². The van der Waals surface area contributed by atoms with Crippen molar-refractivity contribution in [1.29, 1.82) is 0 Å². The first-order valence-corrected chi connectivity index (χ1v) is 17.3. The van der Waals surface area contributed by atoms with Gasteiger partial charge in [0.25, 0.3) is 0 Å². The monoisotopic (exact) mass is 578 g/mol. The number of hydrogen-bond acceptors (Lipinski definition) is 4. The normalized spacial score (nSPS) is 14.4. The maximum atomic E-state index is 12.3. The van der Waals surface area contributed by atoms with Crippen molar-refractivity contribution in [3.05, 3.63) is 36.5 Å². The molecule has 0 aliphatic rings. The van der Waals surface area contributed by atoms with E-state index < -0.39 is 18.2 Å². The van der Waals surface area contributed by atoms with Crippen LogP contribution in [0.15, 0.2) is 36.5 Å². The number of allylic oxidation sites excluding steroid dienone is 5. The maximum Gasteiger partial charge on any atom is 0.222 e. The van der Waals surface area contributed by atoms with E-state index in [0.717, 1.165) is 38.5 Å². The predicted molar refractivity (Wildman–Crippen MR) is 176 cm³/mol. The van der Waals surface area contributed by atoms with E-state index in [4.69, 9.17) is 0 Å². The van der Waals surface area contributed by atoms with Gasteiger partial charge in [0, 0.05) is 0 Å². The van der Waals surface area contributed by atoms with Gasteiger partial charge >= 0.3 is 0 Å². The first-order chi connectivity index (χ1) is 20.0. The van der Waals surface area contributed by atoms with Gasteiger partial charge in [-0.25, -0.2) is 0 Å². The van der Waals surface area contributed by atoms with E-state index >= 15 is 0 Å². The Labute approximate surface area is 254 Å². The molecule has 1 amide bonds. The summed E-state index contributed by atoms with van der Waals surface area (Å²) in [6.45, 7) is 4.14. The summed E-state index contributed by atoms with van der Waals surface area (Å²) in [5, 5.41) is 32.9. The molecule has 0 spiro atoms. The first-order valence-electron chi connectivity index (χ1n) is 17.3. The Hall–Kier alpha value is -1.43. The van der Waals surface area contributed by atoms with Crippen LogP contribution in [-0.4, -0.2) is 46.1 Å². The Morgan fingerprint density at radius 2 is 1.05 bits per heavy atom. The molecular formula is C36H67NO4. The van der Waals surface area contributed by atoms with E-state index in [-0.39, 0.29) is 18.9 Å². The van der Waals surface area contributed by atoms with Gasteiger partial charge in [-0.2, -0.15) is 0 Å². The van der Waals surface area contributed by atoms with Crippen molar-refractivity contribution in [2.45, 2.75) is 180 Å². The van der Waals surface area contributed by atoms with Crippen molar-refractivity contribution in [1.82, 2.24) is 5.32 Å². The Kier molecular flexibility index (Phi) is 30.4. The molecule has 5 nitrogen and oxygen atoms in total. The highest BCUT2D eigenvalue weighted by Gasteiger charge is 2.19. The minimum Gasteiger partial charge on any atom is -0.394 e. The summed E-state index contributed by atoms with van der Waals surface area (Å²) in [4.78, 5) is 12.3. The van der Waals surface area contributed by atoms with Crippen molar-refractivity contribution >= 4 is 5.91 Å². The van der Waals surface area contributed by atoms with Gasteiger partial charge < -0.3 is 20.6 Å². The number of aliphatic hydroxyl groups excluding tert-OH is 3. The average molecular weight is 578 g/mol. The number of nitrogens with one attached hydrogen (secondary N) is 1.